The summed E-state index contributed by atoms with van der Waals surface area (Å²) in [6, 6.07) is 7.80. The van der Waals surface area contributed by atoms with Crippen molar-refractivity contribution in [3.63, 3.8) is 0 Å². The Balaban J connectivity index is 2.33. The minimum atomic E-state index is -3.18. The highest BCUT2D eigenvalue weighted by Crippen LogP contribution is 2.28. The van der Waals surface area contributed by atoms with Gasteiger partial charge in [-0.05, 0) is 39.7 Å². The van der Waals surface area contributed by atoms with Crippen molar-refractivity contribution >= 4 is 25.8 Å². The first kappa shape index (κ1) is 13.3. The predicted octanol–water partition coefficient (Wildman–Crippen LogP) is 2.49. The molecule has 0 spiro atoms. The lowest BCUT2D eigenvalue weighted by Crippen LogP contribution is -2.11. The van der Waals surface area contributed by atoms with Crippen molar-refractivity contribution in [3.8, 4) is 0 Å². The van der Waals surface area contributed by atoms with Gasteiger partial charge in [0.25, 0.3) is 0 Å². The Morgan fingerprint density at radius 2 is 1.83 bits per heavy atom. The molecule has 0 saturated heterocycles. The second-order valence-corrected chi connectivity index (χ2v) is 6.82. The highest BCUT2D eigenvalue weighted by atomic mass is 79.9. The van der Waals surface area contributed by atoms with Crippen molar-refractivity contribution in [3.05, 3.63) is 52.4 Å². The topological polar surface area (TPSA) is 73.3 Å². The molecule has 1 heterocycles. The van der Waals surface area contributed by atoms with Crippen LogP contribution in [0.2, 0.25) is 0 Å². The minimum absolute atomic E-state index is 0.275. The quantitative estimate of drug-likeness (QED) is 0.938. The molecule has 2 N–H and O–H groups in total. The molecule has 1 unspecified atom stereocenters. The predicted molar refractivity (Wildman–Crippen MR) is 72.0 cm³/mol. The fraction of sp³-hybridized carbons (Fsp3) is 0.167. The summed E-state index contributed by atoms with van der Waals surface area (Å²) in [5.74, 6) is 0.613. The van der Waals surface area contributed by atoms with E-state index in [2.05, 4.69) is 15.9 Å². The molecule has 2 aromatic rings. The summed E-state index contributed by atoms with van der Waals surface area (Å²) in [4.78, 5) is 0.275. The minimum Gasteiger partial charge on any atom is -0.466 e. The summed E-state index contributed by atoms with van der Waals surface area (Å²) in [7, 11) is -3.18. The highest BCUT2D eigenvalue weighted by molar-refractivity contribution is 9.10. The van der Waals surface area contributed by atoms with Gasteiger partial charge in [0, 0.05) is 6.26 Å². The van der Waals surface area contributed by atoms with E-state index in [0.717, 1.165) is 10.0 Å². The van der Waals surface area contributed by atoms with Crippen molar-refractivity contribution in [2.24, 2.45) is 5.73 Å². The molecule has 1 aromatic carbocycles. The monoisotopic (exact) mass is 329 g/mol. The average molecular weight is 330 g/mol. The van der Waals surface area contributed by atoms with Gasteiger partial charge in [0.15, 0.2) is 9.84 Å². The van der Waals surface area contributed by atoms with Crippen LogP contribution in [0.5, 0.6) is 0 Å². The van der Waals surface area contributed by atoms with Gasteiger partial charge in [0.1, 0.15) is 5.76 Å². The Bertz CT molecular complexity index is 646. The third kappa shape index (κ3) is 2.66. The number of halogens is 1. The van der Waals surface area contributed by atoms with Gasteiger partial charge >= 0.3 is 0 Å². The van der Waals surface area contributed by atoms with Crippen LogP contribution in [-0.4, -0.2) is 14.7 Å². The normalized spacial score (nSPS) is 13.5. The summed E-state index contributed by atoms with van der Waals surface area (Å²) in [6.45, 7) is 0. The highest BCUT2D eigenvalue weighted by Gasteiger charge is 2.16. The van der Waals surface area contributed by atoms with E-state index in [4.69, 9.17) is 10.2 Å². The first-order chi connectivity index (χ1) is 8.39. The SMILES string of the molecule is CS(=O)(=O)c1ccc(C(N)c2occc2Br)cc1. The zero-order valence-corrected chi connectivity index (χ0v) is 12.0. The Morgan fingerprint density at radius 1 is 1.22 bits per heavy atom. The van der Waals surface area contributed by atoms with Crippen LogP contribution < -0.4 is 5.73 Å². The molecule has 0 radical (unpaired) electrons. The molecule has 4 nitrogen and oxygen atoms in total. The number of hydrogen-bond donors (Lipinski definition) is 1. The summed E-state index contributed by atoms with van der Waals surface area (Å²) in [5, 5.41) is 0. The van der Waals surface area contributed by atoms with E-state index in [0.29, 0.717) is 5.76 Å². The van der Waals surface area contributed by atoms with Gasteiger partial charge in [-0.15, -0.1) is 0 Å². The Kier molecular flexibility index (Phi) is 3.61. The van der Waals surface area contributed by atoms with E-state index in [1.807, 2.05) is 0 Å². The third-order valence-corrected chi connectivity index (χ3v) is 4.38. The van der Waals surface area contributed by atoms with Crippen LogP contribution >= 0.6 is 15.9 Å². The van der Waals surface area contributed by atoms with Crippen LogP contribution in [0.15, 0.2) is 50.4 Å². The van der Waals surface area contributed by atoms with Crippen LogP contribution in [0.25, 0.3) is 0 Å². The molecule has 18 heavy (non-hydrogen) atoms. The maximum atomic E-state index is 11.3. The fourth-order valence-electron chi connectivity index (χ4n) is 1.60. The zero-order chi connectivity index (χ0) is 13.3. The van der Waals surface area contributed by atoms with Crippen molar-refractivity contribution in [2.75, 3.05) is 6.26 Å². The van der Waals surface area contributed by atoms with E-state index in [1.54, 1.807) is 36.6 Å². The number of furan rings is 1. The van der Waals surface area contributed by atoms with Crippen LogP contribution in [0.3, 0.4) is 0 Å². The number of hydrogen-bond acceptors (Lipinski definition) is 4. The molecule has 0 aliphatic heterocycles. The zero-order valence-electron chi connectivity index (χ0n) is 9.63. The largest absolute Gasteiger partial charge is 0.466 e. The Labute approximate surface area is 114 Å². The second kappa shape index (κ2) is 4.87. The molecule has 1 aromatic heterocycles. The van der Waals surface area contributed by atoms with Crippen molar-refractivity contribution in [1.82, 2.24) is 0 Å². The average Bonchev–Trinajstić information content (AvgIpc) is 2.73. The molecular weight excluding hydrogens is 318 g/mol. The van der Waals surface area contributed by atoms with E-state index >= 15 is 0 Å². The second-order valence-electron chi connectivity index (χ2n) is 3.95. The van der Waals surface area contributed by atoms with Gasteiger partial charge in [-0.2, -0.15) is 0 Å². The van der Waals surface area contributed by atoms with Crippen molar-refractivity contribution in [2.45, 2.75) is 10.9 Å². The molecule has 6 heteroatoms. The van der Waals surface area contributed by atoms with Gasteiger partial charge in [-0.25, -0.2) is 8.42 Å². The summed E-state index contributed by atoms with van der Waals surface area (Å²) in [6.07, 6.45) is 2.72. The molecule has 0 amide bonds. The molecule has 0 aliphatic rings. The third-order valence-electron chi connectivity index (χ3n) is 2.59. The fourth-order valence-corrected chi connectivity index (χ4v) is 2.68. The van der Waals surface area contributed by atoms with Gasteiger partial charge < -0.3 is 10.2 Å². The molecule has 0 aliphatic carbocycles. The van der Waals surface area contributed by atoms with Gasteiger partial charge in [-0.3, -0.25) is 0 Å². The molecule has 96 valence electrons. The standard InChI is InChI=1S/C12H12BrNO3S/c1-18(15,16)9-4-2-8(3-5-9)11(14)12-10(13)6-7-17-12/h2-7,11H,14H2,1H3. The molecule has 2 rings (SSSR count). The van der Waals surface area contributed by atoms with Crippen LogP contribution in [-0.2, 0) is 9.84 Å². The summed E-state index contributed by atoms with van der Waals surface area (Å²) >= 11 is 3.34. The first-order valence-electron chi connectivity index (χ1n) is 5.18. The maximum absolute atomic E-state index is 11.3. The molecule has 0 saturated carbocycles. The van der Waals surface area contributed by atoms with E-state index in [9.17, 15) is 8.42 Å². The number of nitrogens with two attached hydrogens (primary N) is 1. The summed E-state index contributed by atoms with van der Waals surface area (Å²) in [5.41, 5.74) is 6.84. The van der Waals surface area contributed by atoms with Crippen molar-refractivity contribution < 1.29 is 12.8 Å². The van der Waals surface area contributed by atoms with E-state index < -0.39 is 15.9 Å². The lowest BCUT2D eigenvalue weighted by molar-refractivity contribution is 0.487. The molecule has 0 bridgehead atoms. The van der Waals surface area contributed by atoms with Crippen LogP contribution in [0.4, 0.5) is 0 Å². The molecular formula is C12H12BrNO3S. The van der Waals surface area contributed by atoms with Gasteiger partial charge in [0.05, 0.1) is 21.7 Å². The van der Waals surface area contributed by atoms with Gasteiger partial charge in [-0.1, -0.05) is 12.1 Å². The maximum Gasteiger partial charge on any atom is 0.175 e. The molecule has 1 atom stereocenters. The first-order valence-corrected chi connectivity index (χ1v) is 7.86. The lowest BCUT2D eigenvalue weighted by atomic mass is 10.1. The van der Waals surface area contributed by atoms with Crippen LogP contribution in [0.1, 0.15) is 17.4 Å². The summed E-state index contributed by atoms with van der Waals surface area (Å²) < 4.78 is 28.8. The Morgan fingerprint density at radius 3 is 2.28 bits per heavy atom. The van der Waals surface area contributed by atoms with Crippen LogP contribution in [0, 0.1) is 0 Å². The number of rotatable bonds is 3. The molecule has 0 fully saturated rings. The smallest absolute Gasteiger partial charge is 0.175 e. The number of sulfone groups is 1. The van der Waals surface area contributed by atoms with Gasteiger partial charge in [0.2, 0.25) is 0 Å². The lowest BCUT2D eigenvalue weighted by Gasteiger charge is -2.10. The number of benzene rings is 1. The Hall–Kier alpha value is -1.11. The van der Waals surface area contributed by atoms with Crippen molar-refractivity contribution in [1.29, 1.82) is 0 Å². The van der Waals surface area contributed by atoms with E-state index in [1.165, 1.54) is 6.26 Å². The van der Waals surface area contributed by atoms with E-state index in [-0.39, 0.29) is 4.90 Å².